The molecule has 15 heavy (non-hydrogen) atoms. The van der Waals surface area contributed by atoms with Crippen LogP contribution < -0.4 is 0 Å². The molecule has 0 saturated heterocycles. The average molecular weight is 274 g/mol. The van der Waals surface area contributed by atoms with E-state index in [0.717, 1.165) is 11.1 Å². The number of amides is 1. The lowest BCUT2D eigenvalue weighted by Gasteiger charge is -2.27. The van der Waals surface area contributed by atoms with Gasteiger partial charge in [-0.1, -0.05) is 6.07 Å². The maximum Gasteiger partial charge on any atom is 0.407 e. The van der Waals surface area contributed by atoms with Crippen molar-refractivity contribution in [3.05, 3.63) is 33.5 Å². The summed E-state index contributed by atoms with van der Waals surface area (Å²) in [5, 5.41) is 8.83. The summed E-state index contributed by atoms with van der Waals surface area (Å²) in [4.78, 5) is 12.1. The molecule has 2 rings (SSSR count). The van der Waals surface area contributed by atoms with Crippen LogP contribution >= 0.6 is 15.9 Å². The van der Waals surface area contributed by atoms with E-state index in [0.29, 0.717) is 24.0 Å². The second-order valence-corrected chi connectivity index (χ2v) is 4.25. The summed E-state index contributed by atoms with van der Waals surface area (Å²) >= 11 is 3.18. The lowest BCUT2D eigenvalue weighted by Crippen LogP contribution is -2.34. The van der Waals surface area contributed by atoms with Gasteiger partial charge in [-0.15, -0.1) is 0 Å². The number of hydrogen-bond acceptors (Lipinski definition) is 1. The van der Waals surface area contributed by atoms with Crippen LogP contribution in [0.25, 0.3) is 0 Å². The summed E-state index contributed by atoms with van der Waals surface area (Å²) in [7, 11) is 0. The Labute approximate surface area is 94.6 Å². The van der Waals surface area contributed by atoms with Crippen LogP contribution in [0.3, 0.4) is 0 Å². The van der Waals surface area contributed by atoms with Crippen molar-refractivity contribution in [2.24, 2.45) is 0 Å². The van der Waals surface area contributed by atoms with Crippen molar-refractivity contribution >= 4 is 22.0 Å². The summed E-state index contributed by atoms with van der Waals surface area (Å²) in [5.41, 5.74) is 1.75. The molecule has 1 aliphatic rings. The molecule has 0 spiro atoms. The number of fused-ring (bicyclic) bond motifs is 1. The van der Waals surface area contributed by atoms with Crippen molar-refractivity contribution in [1.29, 1.82) is 0 Å². The fraction of sp³-hybridized carbons (Fsp3) is 0.300. The number of carboxylic acid groups (broad SMARTS) is 1. The lowest BCUT2D eigenvalue weighted by atomic mass is 10.00. The molecule has 1 heterocycles. The highest BCUT2D eigenvalue weighted by Crippen LogP contribution is 2.28. The highest BCUT2D eigenvalue weighted by molar-refractivity contribution is 9.10. The fourth-order valence-electron chi connectivity index (χ4n) is 1.75. The predicted molar refractivity (Wildman–Crippen MR) is 56.2 cm³/mol. The molecule has 1 N–H and O–H groups in total. The van der Waals surface area contributed by atoms with E-state index in [1.807, 2.05) is 0 Å². The smallest absolute Gasteiger partial charge is 0.407 e. The van der Waals surface area contributed by atoms with Crippen LogP contribution in [0, 0.1) is 5.82 Å². The fourth-order valence-corrected chi connectivity index (χ4v) is 2.33. The molecule has 0 fully saturated rings. The van der Waals surface area contributed by atoms with Gasteiger partial charge in [0.2, 0.25) is 0 Å². The largest absolute Gasteiger partial charge is 0.465 e. The van der Waals surface area contributed by atoms with Crippen LogP contribution in [-0.4, -0.2) is 22.6 Å². The summed E-state index contributed by atoms with van der Waals surface area (Å²) in [6.07, 6.45) is -0.374. The summed E-state index contributed by atoms with van der Waals surface area (Å²) < 4.78 is 13.6. The third-order valence-corrected chi connectivity index (χ3v) is 3.41. The second-order valence-electron chi connectivity index (χ2n) is 3.45. The van der Waals surface area contributed by atoms with Gasteiger partial charge in [-0.05, 0) is 39.5 Å². The predicted octanol–water partition coefficient (Wildman–Crippen LogP) is 2.62. The molecule has 0 atom stereocenters. The van der Waals surface area contributed by atoms with Crippen LogP contribution in [0.2, 0.25) is 0 Å². The van der Waals surface area contributed by atoms with Crippen molar-refractivity contribution in [3.8, 4) is 0 Å². The van der Waals surface area contributed by atoms with Crippen LogP contribution in [0.4, 0.5) is 9.18 Å². The minimum Gasteiger partial charge on any atom is -0.465 e. The second kappa shape index (κ2) is 3.81. The van der Waals surface area contributed by atoms with Crippen LogP contribution in [0.1, 0.15) is 11.1 Å². The van der Waals surface area contributed by atoms with Crippen LogP contribution in [-0.2, 0) is 13.0 Å². The Bertz CT molecular complexity index is 422. The number of carbonyl (C=O) groups is 1. The number of hydrogen-bond donors (Lipinski definition) is 1. The molecular formula is C10H9BrFNO2. The van der Waals surface area contributed by atoms with Gasteiger partial charge in [-0.3, -0.25) is 0 Å². The Balaban J connectivity index is 2.36. The first-order valence-corrected chi connectivity index (χ1v) is 5.32. The SMILES string of the molecule is O=C(O)N1CCc2c(ccc(F)c2Br)C1. The Morgan fingerprint density at radius 2 is 2.27 bits per heavy atom. The van der Waals surface area contributed by atoms with Crippen LogP contribution in [0.5, 0.6) is 0 Å². The van der Waals surface area contributed by atoms with E-state index in [-0.39, 0.29) is 5.82 Å². The normalized spacial score (nSPS) is 14.9. The van der Waals surface area contributed by atoms with Crippen molar-refractivity contribution < 1.29 is 14.3 Å². The average Bonchev–Trinajstić information content (AvgIpc) is 2.23. The van der Waals surface area contributed by atoms with Gasteiger partial charge in [0, 0.05) is 13.1 Å². The zero-order valence-electron chi connectivity index (χ0n) is 7.83. The number of nitrogens with zero attached hydrogens (tertiary/aromatic N) is 1. The Kier molecular flexibility index (Phi) is 2.65. The molecular weight excluding hydrogens is 265 g/mol. The molecule has 3 nitrogen and oxygen atoms in total. The van der Waals surface area contributed by atoms with Crippen molar-refractivity contribution in [2.45, 2.75) is 13.0 Å². The van der Waals surface area contributed by atoms with Crippen molar-refractivity contribution in [2.75, 3.05) is 6.54 Å². The molecule has 0 aliphatic carbocycles. The van der Waals surface area contributed by atoms with E-state index >= 15 is 0 Å². The molecule has 0 bridgehead atoms. The van der Waals surface area contributed by atoms with Gasteiger partial charge < -0.3 is 10.0 Å². The van der Waals surface area contributed by atoms with Gasteiger partial charge >= 0.3 is 6.09 Å². The standard InChI is InChI=1S/C10H9BrFNO2/c11-9-7-3-4-13(10(14)15)5-6(7)1-2-8(9)12/h1-2H,3-5H2,(H,14,15). The van der Waals surface area contributed by atoms with Gasteiger partial charge in [-0.2, -0.15) is 0 Å². The van der Waals surface area contributed by atoms with Gasteiger partial charge in [0.05, 0.1) is 4.47 Å². The first-order valence-electron chi connectivity index (χ1n) is 4.53. The molecule has 1 amide bonds. The van der Waals surface area contributed by atoms with Crippen LogP contribution in [0.15, 0.2) is 16.6 Å². The molecule has 0 radical (unpaired) electrons. The number of rotatable bonds is 0. The minimum absolute atomic E-state index is 0.294. The molecule has 1 aromatic rings. The lowest BCUT2D eigenvalue weighted by molar-refractivity contribution is 0.140. The molecule has 1 aromatic carbocycles. The zero-order chi connectivity index (χ0) is 11.0. The Morgan fingerprint density at radius 1 is 1.53 bits per heavy atom. The summed E-state index contributed by atoms with van der Waals surface area (Å²) in [5.74, 6) is -0.294. The quantitative estimate of drug-likeness (QED) is 0.790. The van der Waals surface area contributed by atoms with E-state index in [1.165, 1.54) is 11.0 Å². The van der Waals surface area contributed by atoms with Gasteiger partial charge in [0.1, 0.15) is 5.82 Å². The molecule has 1 aliphatic heterocycles. The van der Waals surface area contributed by atoms with E-state index in [1.54, 1.807) is 6.07 Å². The molecule has 5 heteroatoms. The number of benzene rings is 1. The molecule has 80 valence electrons. The first kappa shape index (κ1) is 10.4. The number of halogens is 2. The van der Waals surface area contributed by atoms with Gasteiger partial charge in [-0.25, -0.2) is 9.18 Å². The maximum absolute atomic E-state index is 13.2. The summed E-state index contributed by atoms with van der Waals surface area (Å²) in [6, 6.07) is 3.00. The van der Waals surface area contributed by atoms with Crippen molar-refractivity contribution in [1.82, 2.24) is 4.90 Å². The van der Waals surface area contributed by atoms with E-state index in [2.05, 4.69) is 15.9 Å². The molecule has 0 unspecified atom stereocenters. The van der Waals surface area contributed by atoms with Gasteiger partial charge in [0.25, 0.3) is 0 Å². The highest BCUT2D eigenvalue weighted by atomic mass is 79.9. The maximum atomic E-state index is 13.2. The van der Waals surface area contributed by atoms with E-state index in [4.69, 9.17) is 5.11 Å². The molecule has 0 saturated carbocycles. The van der Waals surface area contributed by atoms with Crippen molar-refractivity contribution in [3.63, 3.8) is 0 Å². The van der Waals surface area contributed by atoms with Gasteiger partial charge in [0.15, 0.2) is 0 Å². The first-order chi connectivity index (χ1) is 7.09. The highest BCUT2D eigenvalue weighted by Gasteiger charge is 2.22. The zero-order valence-corrected chi connectivity index (χ0v) is 9.42. The topological polar surface area (TPSA) is 40.5 Å². The monoisotopic (exact) mass is 273 g/mol. The third-order valence-electron chi connectivity index (χ3n) is 2.56. The Morgan fingerprint density at radius 3 is 2.93 bits per heavy atom. The third kappa shape index (κ3) is 1.84. The van der Waals surface area contributed by atoms with E-state index in [9.17, 15) is 9.18 Å². The summed E-state index contributed by atoms with van der Waals surface area (Å²) in [6.45, 7) is 0.758. The van der Waals surface area contributed by atoms with E-state index < -0.39 is 6.09 Å². The minimum atomic E-state index is -0.930. The Hall–Kier alpha value is -1.10. The molecule has 0 aromatic heterocycles.